The van der Waals surface area contributed by atoms with Crippen LogP contribution in [0.15, 0.2) is 21.6 Å². The second kappa shape index (κ2) is 3.67. The Morgan fingerprint density at radius 1 is 1.58 bits per heavy atom. The van der Waals surface area contributed by atoms with Crippen LogP contribution in [0.2, 0.25) is 0 Å². The lowest BCUT2D eigenvalue weighted by Gasteiger charge is -2.01. The molecule has 4 heteroatoms. The van der Waals surface area contributed by atoms with Crippen molar-refractivity contribution in [3.05, 3.63) is 28.0 Å². The first-order valence-corrected chi connectivity index (χ1v) is 4.11. The van der Waals surface area contributed by atoms with Crippen molar-refractivity contribution in [1.29, 1.82) is 0 Å². The van der Waals surface area contributed by atoms with Crippen LogP contribution in [0.1, 0.15) is 5.56 Å². The van der Waals surface area contributed by atoms with Crippen molar-refractivity contribution in [2.75, 3.05) is 12.8 Å². The number of nitrogen functional groups attached to an aromatic ring is 1. The number of hydrogen-bond donors (Lipinski definition) is 1. The second-order valence-corrected chi connectivity index (χ2v) is 3.19. The summed E-state index contributed by atoms with van der Waals surface area (Å²) in [6.07, 6.45) is 1.52. The minimum atomic E-state index is -0.431. The van der Waals surface area contributed by atoms with Gasteiger partial charge >= 0.3 is 0 Å². The van der Waals surface area contributed by atoms with Gasteiger partial charge in [-0.1, -0.05) is 15.9 Å². The van der Waals surface area contributed by atoms with Gasteiger partial charge < -0.3 is 5.73 Å². The van der Waals surface area contributed by atoms with Crippen LogP contribution in [-0.2, 0) is 0 Å². The molecule has 0 aliphatic heterocycles. The predicted molar refractivity (Wildman–Crippen MR) is 52.0 cm³/mol. The summed E-state index contributed by atoms with van der Waals surface area (Å²) in [6.45, 7) is 0. The van der Waals surface area contributed by atoms with Crippen LogP contribution in [0.5, 0.6) is 0 Å². The Bertz CT molecular complexity index is 323. The second-order valence-electron chi connectivity index (χ2n) is 2.28. The first kappa shape index (κ1) is 9.19. The van der Waals surface area contributed by atoms with E-state index in [9.17, 15) is 4.39 Å². The Morgan fingerprint density at radius 3 is 2.83 bits per heavy atom. The molecule has 64 valence electrons. The van der Waals surface area contributed by atoms with E-state index in [0.29, 0.717) is 10.0 Å². The Hall–Kier alpha value is -0.900. The monoisotopic (exact) mass is 230 g/mol. The predicted octanol–water partition coefficient (Wildman–Crippen LogP) is 2.22. The Morgan fingerprint density at radius 2 is 2.25 bits per heavy atom. The average molecular weight is 231 g/mol. The van der Waals surface area contributed by atoms with E-state index in [-0.39, 0.29) is 5.69 Å². The molecule has 0 saturated heterocycles. The fourth-order valence-electron chi connectivity index (χ4n) is 0.851. The number of nitrogens with two attached hydrogens (primary N) is 1. The van der Waals surface area contributed by atoms with Gasteiger partial charge in [0.2, 0.25) is 0 Å². The molecule has 0 amide bonds. The highest BCUT2D eigenvalue weighted by Crippen LogP contribution is 2.20. The van der Waals surface area contributed by atoms with Gasteiger partial charge in [0.05, 0.1) is 5.69 Å². The number of aliphatic imine (C=N–C) groups is 1. The average Bonchev–Trinajstić information content (AvgIpc) is 2.00. The van der Waals surface area contributed by atoms with Gasteiger partial charge in [0, 0.05) is 23.3 Å². The summed E-state index contributed by atoms with van der Waals surface area (Å²) in [6, 6.07) is 3.04. The van der Waals surface area contributed by atoms with Gasteiger partial charge in [0.25, 0.3) is 0 Å². The largest absolute Gasteiger partial charge is 0.396 e. The molecule has 2 N–H and O–H groups in total. The van der Waals surface area contributed by atoms with Gasteiger partial charge in [-0.3, -0.25) is 4.99 Å². The fraction of sp³-hybridized carbons (Fsp3) is 0.125. The SMILES string of the molecule is CN=Cc1cc(Br)cc(F)c1N. The lowest BCUT2D eigenvalue weighted by molar-refractivity contribution is 0.631. The molecule has 0 aliphatic rings. The molecular weight excluding hydrogens is 223 g/mol. The molecule has 1 aromatic carbocycles. The molecule has 0 unspecified atom stereocenters. The molecule has 1 rings (SSSR count). The van der Waals surface area contributed by atoms with Crippen molar-refractivity contribution in [3.63, 3.8) is 0 Å². The number of rotatable bonds is 1. The third-order valence-corrected chi connectivity index (χ3v) is 1.85. The third-order valence-electron chi connectivity index (χ3n) is 1.39. The van der Waals surface area contributed by atoms with Crippen LogP contribution >= 0.6 is 15.9 Å². The number of benzene rings is 1. The lowest BCUT2D eigenvalue weighted by Crippen LogP contribution is -1.97. The number of halogens is 2. The van der Waals surface area contributed by atoms with E-state index < -0.39 is 5.82 Å². The van der Waals surface area contributed by atoms with Gasteiger partial charge in [-0.2, -0.15) is 0 Å². The van der Waals surface area contributed by atoms with Crippen molar-refractivity contribution in [3.8, 4) is 0 Å². The smallest absolute Gasteiger partial charge is 0.147 e. The molecule has 12 heavy (non-hydrogen) atoms. The van der Waals surface area contributed by atoms with Gasteiger partial charge in [0.1, 0.15) is 5.82 Å². The standard InChI is InChI=1S/C8H8BrFN2/c1-12-4-5-2-6(9)3-7(10)8(5)11/h2-4H,11H2,1H3. The first-order valence-electron chi connectivity index (χ1n) is 3.32. The molecule has 0 bridgehead atoms. The van der Waals surface area contributed by atoms with E-state index in [2.05, 4.69) is 20.9 Å². The first-order chi connectivity index (χ1) is 5.65. The Balaban J connectivity index is 3.27. The molecule has 0 radical (unpaired) electrons. The highest BCUT2D eigenvalue weighted by Gasteiger charge is 2.04. The molecule has 0 aromatic heterocycles. The van der Waals surface area contributed by atoms with E-state index >= 15 is 0 Å². The van der Waals surface area contributed by atoms with Crippen molar-refractivity contribution < 1.29 is 4.39 Å². The normalized spacial score (nSPS) is 10.9. The van der Waals surface area contributed by atoms with E-state index in [0.717, 1.165) is 0 Å². The highest BCUT2D eigenvalue weighted by molar-refractivity contribution is 9.10. The molecule has 0 spiro atoms. The zero-order chi connectivity index (χ0) is 9.14. The van der Waals surface area contributed by atoms with Crippen LogP contribution in [0.3, 0.4) is 0 Å². The molecule has 0 atom stereocenters. The number of anilines is 1. The maximum atomic E-state index is 12.9. The zero-order valence-electron chi connectivity index (χ0n) is 6.51. The summed E-state index contributed by atoms with van der Waals surface area (Å²) < 4.78 is 13.6. The summed E-state index contributed by atoms with van der Waals surface area (Å²) >= 11 is 3.16. The van der Waals surface area contributed by atoms with Crippen molar-refractivity contribution in [2.24, 2.45) is 4.99 Å². The topological polar surface area (TPSA) is 38.4 Å². The minimum Gasteiger partial charge on any atom is -0.396 e. The third kappa shape index (κ3) is 1.82. The molecule has 1 aromatic rings. The molecule has 0 aliphatic carbocycles. The van der Waals surface area contributed by atoms with E-state index in [1.807, 2.05) is 0 Å². The highest BCUT2D eigenvalue weighted by atomic mass is 79.9. The van der Waals surface area contributed by atoms with Crippen LogP contribution < -0.4 is 5.73 Å². The van der Waals surface area contributed by atoms with E-state index in [4.69, 9.17) is 5.73 Å². The summed E-state index contributed by atoms with van der Waals surface area (Å²) in [4.78, 5) is 3.76. The van der Waals surface area contributed by atoms with Crippen molar-refractivity contribution >= 4 is 27.8 Å². The summed E-state index contributed by atoms with van der Waals surface area (Å²) in [7, 11) is 1.61. The van der Waals surface area contributed by atoms with Crippen molar-refractivity contribution in [2.45, 2.75) is 0 Å². The van der Waals surface area contributed by atoms with Gasteiger partial charge in [-0.05, 0) is 12.1 Å². The number of nitrogens with zero attached hydrogens (tertiary/aromatic N) is 1. The van der Waals surface area contributed by atoms with Gasteiger partial charge in [-0.25, -0.2) is 4.39 Å². The van der Waals surface area contributed by atoms with Crippen LogP contribution in [0.25, 0.3) is 0 Å². The van der Waals surface area contributed by atoms with E-state index in [1.54, 1.807) is 13.1 Å². The lowest BCUT2D eigenvalue weighted by atomic mass is 10.2. The van der Waals surface area contributed by atoms with Crippen molar-refractivity contribution in [1.82, 2.24) is 0 Å². The molecule has 2 nitrogen and oxygen atoms in total. The van der Waals surface area contributed by atoms with Crippen LogP contribution in [-0.4, -0.2) is 13.3 Å². The quantitative estimate of drug-likeness (QED) is 0.584. The molecule has 0 heterocycles. The fourth-order valence-corrected chi connectivity index (χ4v) is 1.30. The minimum absolute atomic E-state index is 0.129. The molecular formula is C8H8BrFN2. The number of hydrogen-bond acceptors (Lipinski definition) is 2. The van der Waals surface area contributed by atoms with E-state index in [1.165, 1.54) is 12.3 Å². The van der Waals surface area contributed by atoms with Crippen LogP contribution in [0, 0.1) is 5.82 Å². The van der Waals surface area contributed by atoms with Gasteiger partial charge in [-0.15, -0.1) is 0 Å². The maximum Gasteiger partial charge on any atom is 0.147 e. The summed E-state index contributed by atoms with van der Waals surface area (Å²) in [5.41, 5.74) is 6.17. The Labute approximate surface area is 78.4 Å². The molecule has 0 saturated carbocycles. The zero-order valence-corrected chi connectivity index (χ0v) is 8.10. The Kier molecular flexibility index (Phi) is 2.81. The maximum absolute atomic E-state index is 12.9. The summed E-state index contributed by atoms with van der Waals surface area (Å²) in [5.74, 6) is -0.431. The molecule has 0 fully saturated rings. The van der Waals surface area contributed by atoms with Gasteiger partial charge in [0.15, 0.2) is 0 Å². The summed E-state index contributed by atoms with van der Waals surface area (Å²) in [5, 5.41) is 0. The van der Waals surface area contributed by atoms with Crippen LogP contribution in [0.4, 0.5) is 10.1 Å².